The second-order valence-electron chi connectivity index (χ2n) is 6.98. The van der Waals surface area contributed by atoms with E-state index < -0.39 is 22.9 Å². The van der Waals surface area contributed by atoms with Gasteiger partial charge in [-0.05, 0) is 71.4 Å². The van der Waals surface area contributed by atoms with E-state index in [1.807, 2.05) is 0 Å². The lowest BCUT2D eigenvalue weighted by molar-refractivity contribution is -0.123. The van der Waals surface area contributed by atoms with E-state index in [4.69, 9.17) is 27.9 Å². The number of halogens is 3. The van der Waals surface area contributed by atoms with Gasteiger partial charge in [0.15, 0.2) is 0 Å². The van der Waals surface area contributed by atoms with Crippen LogP contribution < -0.4 is 4.74 Å². The van der Waals surface area contributed by atoms with Crippen LogP contribution in [0.15, 0.2) is 71.6 Å². The van der Waals surface area contributed by atoms with Crippen molar-refractivity contribution in [1.29, 1.82) is 0 Å². The number of carbonyl (C=O) groups excluding carboxylic acids is 3. The Balaban J connectivity index is 1.49. The van der Waals surface area contributed by atoms with Gasteiger partial charge in [0.1, 0.15) is 11.6 Å². The van der Waals surface area contributed by atoms with Crippen molar-refractivity contribution in [3.8, 4) is 5.75 Å². The van der Waals surface area contributed by atoms with Gasteiger partial charge >= 0.3 is 5.97 Å². The van der Waals surface area contributed by atoms with Gasteiger partial charge in [-0.3, -0.25) is 14.5 Å². The summed E-state index contributed by atoms with van der Waals surface area (Å²) in [6.45, 7) is 0.0434. The number of esters is 1. The van der Waals surface area contributed by atoms with Crippen LogP contribution in [0.3, 0.4) is 0 Å². The minimum absolute atomic E-state index is 0.0434. The Hall–Kier alpha value is -3.13. The molecule has 3 aromatic carbocycles. The number of ether oxygens (including phenoxy) is 1. The van der Waals surface area contributed by atoms with E-state index in [0.717, 1.165) is 16.7 Å². The predicted molar refractivity (Wildman–Crippen MR) is 126 cm³/mol. The highest BCUT2D eigenvalue weighted by Crippen LogP contribution is 2.34. The minimum atomic E-state index is -0.659. The molecule has 1 heterocycles. The van der Waals surface area contributed by atoms with Gasteiger partial charge in [-0.2, -0.15) is 0 Å². The van der Waals surface area contributed by atoms with E-state index in [-0.39, 0.29) is 27.8 Å². The van der Waals surface area contributed by atoms with Crippen LogP contribution in [-0.2, 0) is 11.3 Å². The molecule has 0 aliphatic carbocycles. The van der Waals surface area contributed by atoms with Gasteiger partial charge in [-0.25, -0.2) is 9.18 Å². The largest absolute Gasteiger partial charge is 0.423 e. The van der Waals surface area contributed by atoms with E-state index >= 15 is 0 Å². The molecule has 0 radical (unpaired) electrons. The first-order chi connectivity index (χ1) is 15.8. The number of imide groups is 1. The Morgan fingerprint density at radius 1 is 1.03 bits per heavy atom. The van der Waals surface area contributed by atoms with E-state index in [9.17, 15) is 18.8 Å². The smallest absolute Gasteiger partial charge is 0.345 e. The first-order valence-electron chi connectivity index (χ1n) is 9.57. The molecule has 0 spiro atoms. The number of nitrogens with zero attached hydrogens (tertiary/aromatic N) is 1. The number of rotatable bonds is 5. The average Bonchev–Trinajstić information content (AvgIpc) is 3.02. The molecular formula is C24H14Cl2FNO4S. The SMILES string of the molecule is O=C(Oc1cccc(/C=C2\SC(=O)N(Cc3ccc(F)cc3)C2=O)c1)c1ccc(Cl)cc1Cl. The van der Waals surface area contributed by atoms with Gasteiger partial charge in [0, 0.05) is 5.02 Å². The highest BCUT2D eigenvalue weighted by molar-refractivity contribution is 8.18. The summed E-state index contributed by atoms with van der Waals surface area (Å²) in [4.78, 5) is 38.8. The van der Waals surface area contributed by atoms with Crippen molar-refractivity contribution in [3.05, 3.63) is 104 Å². The Kier molecular flexibility index (Phi) is 6.83. The first-order valence-corrected chi connectivity index (χ1v) is 11.1. The summed E-state index contributed by atoms with van der Waals surface area (Å²) in [5, 5.41) is 0.140. The summed E-state index contributed by atoms with van der Waals surface area (Å²) < 4.78 is 18.5. The third-order valence-corrected chi connectivity index (χ3v) is 6.10. The van der Waals surface area contributed by atoms with Crippen molar-refractivity contribution in [2.75, 3.05) is 0 Å². The lowest BCUT2D eigenvalue weighted by atomic mass is 10.2. The Bertz CT molecular complexity index is 1290. The summed E-state index contributed by atoms with van der Waals surface area (Å²) >= 11 is 12.7. The van der Waals surface area contributed by atoms with E-state index in [1.54, 1.807) is 30.3 Å². The number of hydrogen-bond donors (Lipinski definition) is 0. The molecule has 0 saturated carbocycles. The van der Waals surface area contributed by atoms with Gasteiger partial charge in [0.2, 0.25) is 0 Å². The molecule has 1 aliphatic rings. The fraction of sp³-hybridized carbons (Fsp3) is 0.0417. The molecule has 1 aliphatic heterocycles. The van der Waals surface area contributed by atoms with Crippen molar-refractivity contribution < 1.29 is 23.5 Å². The zero-order valence-corrected chi connectivity index (χ0v) is 19.1. The van der Waals surface area contributed by atoms with Crippen LogP contribution in [0.2, 0.25) is 10.0 Å². The molecule has 0 bridgehead atoms. The molecule has 2 amide bonds. The van der Waals surface area contributed by atoms with Crippen LogP contribution in [0.5, 0.6) is 5.75 Å². The van der Waals surface area contributed by atoms with Gasteiger partial charge in [-0.15, -0.1) is 0 Å². The molecule has 9 heteroatoms. The van der Waals surface area contributed by atoms with E-state index in [0.29, 0.717) is 16.1 Å². The number of hydrogen-bond acceptors (Lipinski definition) is 5. The van der Waals surface area contributed by atoms with Crippen LogP contribution in [0.4, 0.5) is 9.18 Å². The number of carbonyl (C=O) groups is 3. The van der Waals surface area contributed by atoms with E-state index in [2.05, 4.69) is 0 Å². The molecule has 33 heavy (non-hydrogen) atoms. The van der Waals surface area contributed by atoms with E-state index in [1.165, 1.54) is 42.5 Å². The minimum Gasteiger partial charge on any atom is -0.423 e. The van der Waals surface area contributed by atoms with Crippen molar-refractivity contribution in [2.24, 2.45) is 0 Å². The van der Waals surface area contributed by atoms with Gasteiger partial charge in [0.25, 0.3) is 11.1 Å². The van der Waals surface area contributed by atoms with Gasteiger partial charge < -0.3 is 4.74 Å². The molecule has 0 atom stereocenters. The Morgan fingerprint density at radius 3 is 2.52 bits per heavy atom. The highest BCUT2D eigenvalue weighted by atomic mass is 35.5. The maximum Gasteiger partial charge on any atom is 0.345 e. The fourth-order valence-corrected chi connectivity index (χ4v) is 4.37. The normalized spacial score (nSPS) is 14.8. The summed E-state index contributed by atoms with van der Waals surface area (Å²) in [7, 11) is 0. The number of benzene rings is 3. The maximum atomic E-state index is 13.1. The monoisotopic (exact) mass is 501 g/mol. The standard InChI is InChI=1S/C24H14Cl2FNO4S/c25-16-6-9-19(20(26)12-16)23(30)32-18-3-1-2-15(10-18)11-21-22(29)28(24(31)33-21)13-14-4-7-17(27)8-5-14/h1-12H,13H2/b21-11-. The van der Waals surface area contributed by atoms with Crippen molar-refractivity contribution in [2.45, 2.75) is 6.54 Å². The third kappa shape index (κ3) is 5.45. The van der Waals surface area contributed by atoms with Gasteiger partial charge in [0.05, 0.1) is 22.0 Å². The predicted octanol–water partition coefficient (Wildman–Crippen LogP) is 6.59. The first kappa shape index (κ1) is 23.0. The molecule has 3 aromatic rings. The lowest BCUT2D eigenvalue weighted by Gasteiger charge is -2.12. The molecular weight excluding hydrogens is 488 g/mol. The number of amides is 2. The topological polar surface area (TPSA) is 63.7 Å². The molecule has 0 aromatic heterocycles. The molecule has 0 N–H and O–H groups in total. The Morgan fingerprint density at radius 2 is 1.79 bits per heavy atom. The van der Waals surface area contributed by atoms with Crippen LogP contribution in [0.1, 0.15) is 21.5 Å². The molecule has 4 rings (SSSR count). The summed E-state index contributed by atoms with van der Waals surface area (Å²) in [6.07, 6.45) is 1.54. The summed E-state index contributed by atoms with van der Waals surface area (Å²) in [6, 6.07) is 16.5. The molecule has 0 unspecified atom stereocenters. The number of thioether (sulfide) groups is 1. The quantitative estimate of drug-likeness (QED) is 0.224. The van der Waals surface area contributed by atoms with Crippen LogP contribution >= 0.6 is 35.0 Å². The van der Waals surface area contributed by atoms with Crippen molar-refractivity contribution in [1.82, 2.24) is 4.90 Å². The lowest BCUT2D eigenvalue weighted by Crippen LogP contribution is -2.27. The molecule has 166 valence electrons. The molecule has 5 nitrogen and oxygen atoms in total. The summed E-state index contributed by atoms with van der Waals surface area (Å²) in [5.41, 5.74) is 1.36. The van der Waals surface area contributed by atoms with Crippen LogP contribution in [0, 0.1) is 5.82 Å². The summed E-state index contributed by atoms with van der Waals surface area (Å²) in [5.74, 6) is -1.27. The van der Waals surface area contributed by atoms with Crippen molar-refractivity contribution in [3.63, 3.8) is 0 Å². The van der Waals surface area contributed by atoms with Gasteiger partial charge in [-0.1, -0.05) is 47.5 Å². The Labute approximate surface area is 202 Å². The maximum absolute atomic E-state index is 13.1. The third-order valence-electron chi connectivity index (χ3n) is 4.64. The highest BCUT2D eigenvalue weighted by Gasteiger charge is 2.35. The average molecular weight is 502 g/mol. The van der Waals surface area contributed by atoms with Crippen LogP contribution in [-0.4, -0.2) is 22.0 Å². The molecule has 1 fully saturated rings. The second-order valence-corrected chi connectivity index (χ2v) is 8.82. The van der Waals surface area contributed by atoms with Crippen molar-refractivity contribution >= 4 is 58.2 Å². The molecule has 1 saturated heterocycles. The zero-order valence-electron chi connectivity index (χ0n) is 16.8. The second kappa shape index (κ2) is 9.79. The fourth-order valence-electron chi connectivity index (χ4n) is 3.04. The van der Waals surface area contributed by atoms with Crippen LogP contribution in [0.25, 0.3) is 6.08 Å². The zero-order chi connectivity index (χ0) is 23.5.